The largest absolute Gasteiger partial charge is 0.129 e. The molecule has 0 spiro atoms. The maximum atomic E-state index is 3.16. The molecule has 4 aromatic carbocycles. The van der Waals surface area contributed by atoms with Gasteiger partial charge in [-0.05, 0) is 48.2 Å². The lowest BCUT2D eigenvalue weighted by molar-refractivity contribution is 0.573. The van der Waals surface area contributed by atoms with Crippen molar-refractivity contribution in [2.24, 2.45) is 5.92 Å². The van der Waals surface area contributed by atoms with Crippen LogP contribution < -0.4 is 10.6 Å². The van der Waals surface area contributed by atoms with E-state index in [0.717, 1.165) is 6.42 Å². The van der Waals surface area contributed by atoms with E-state index in [0.29, 0.717) is 11.6 Å². The molecule has 0 radical (unpaired) electrons. The monoisotopic (exact) mass is 426 g/mol. The highest BCUT2D eigenvalue weighted by Crippen LogP contribution is 2.43. The van der Waals surface area contributed by atoms with E-state index in [1.165, 1.54) is 27.9 Å². The van der Waals surface area contributed by atoms with Crippen LogP contribution in [0.4, 0.5) is 0 Å². The van der Waals surface area contributed by atoms with Crippen molar-refractivity contribution in [1.29, 1.82) is 0 Å². The molecule has 0 N–H and O–H groups in total. The van der Waals surface area contributed by atoms with Crippen molar-refractivity contribution in [3.8, 4) is 0 Å². The van der Waals surface area contributed by atoms with Crippen molar-refractivity contribution in [1.82, 2.24) is 0 Å². The topological polar surface area (TPSA) is 0 Å². The second kappa shape index (κ2) is 10.7. The van der Waals surface area contributed by atoms with Crippen molar-refractivity contribution in [2.75, 3.05) is 6.16 Å². The molecule has 0 aliphatic heterocycles. The van der Waals surface area contributed by atoms with Gasteiger partial charge in [-0.2, -0.15) is 0 Å². The predicted octanol–water partition coefficient (Wildman–Crippen LogP) is 6.59. The first kappa shape index (κ1) is 21.0. The van der Waals surface area contributed by atoms with Crippen molar-refractivity contribution in [3.63, 3.8) is 0 Å². The van der Waals surface area contributed by atoms with E-state index in [4.69, 9.17) is 0 Å². The number of hydrogen-bond donors (Lipinski definition) is 0. The Bertz CT molecular complexity index is 962. The molecule has 30 heavy (non-hydrogen) atoms. The molecule has 0 amide bonds. The lowest BCUT2D eigenvalue weighted by Gasteiger charge is -2.29. The van der Waals surface area contributed by atoms with Gasteiger partial charge in [-0.15, -0.1) is 9.24 Å². The minimum absolute atomic E-state index is 0.420. The fourth-order valence-corrected chi connectivity index (χ4v) is 7.31. The molecule has 0 saturated heterocycles. The number of hydrogen-bond acceptors (Lipinski definition) is 0. The van der Waals surface area contributed by atoms with Crippen molar-refractivity contribution >= 4 is 27.8 Å². The van der Waals surface area contributed by atoms with E-state index < -0.39 is 7.92 Å². The highest BCUT2D eigenvalue weighted by Gasteiger charge is 2.25. The fraction of sp³-hybridized carbons (Fsp3) is 0.143. The summed E-state index contributed by atoms with van der Waals surface area (Å²) in [5.74, 6) is 0.534. The molecule has 2 heteroatoms. The average Bonchev–Trinajstić information content (AvgIpc) is 2.83. The molecule has 4 rings (SSSR count). The Hall–Kier alpha value is -2.26. The first-order valence-corrected chi connectivity index (χ1v) is 12.7. The van der Waals surface area contributed by atoms with Crippen LogP contribution in [0.5, 0.6) is 0 Å². The summed E-state index contributed by atoms with van der Waals surface area (Å²) in [7, 11) is 2.74. The number of rotatable bonds is 8. The van der Waals surface area contributed by atoms with Gasteiger partial charge in [0.25, 0.3) is 0 Å². The van der Waals surface area contributed by atoms with Crippen LogP contribution in [0, 0.1) is 5.92 Å². The third-order valence-electron chi connectivity index (χ3n) is 5.59. The molecule has 0 saturated carbocycles. The zero-order valence-electron chi connectivity index (χ0n) is 17.1. The van der Waals surface area contributed by atoms with Gasteiger partial charge < -0.3 is 0 Å². The Morgan fingerprint density at radius 1 is 0.567 bits per heavy atom. The van der Waals surface area contributed by atoms with Crippen LogP contribution in [-0.2, 0) is 6.42 Å². The van der Waals surface area contributed by atoms with Gasteiger partial charge >= 0.3 is 0 Å². The number of benzene rings is 4. The van der Waals surface area contributed by atoms with E-state index in [1.54, 1.807) is 0 Å². The second-order valence-electron chi connectivity index (χ2n) is 7.67. The van der Waals surface area contributed by atoms with Crippen molar-refractivity contribution < 1.29 is 0 Å². The smallest absolute Gasteiger partial charge is 0.00203 e. The minimum Gasteiger partial charge on any atom is -0.129 e. The van der Waals surface area contributed by atoms with E-state index >= 15 is 0 Å². The van der Waals surface area contributed by atoms with Crippen molar-refractivity contribution in [2.45, 2.75) is 12.1 Å². The Labute approximate surface area is 184 Å². The van der Waals surface area contributed by atoms with E-state index in [1.807, 2.05) is 0 Å². The van der Waals surface area contributed by atoms with Gasteiger partial charge in [-0.3, -0.25) is 0 Å². The van der Waals surface area contributed by atoms with E-state index in [9.17, 15) is 0 Å². The van der Waals surface area contributed by atoms with Crippen LogP contribution in [-0.4, -0.2) is 6.16 Å². The zero-order valence-corrected chi connectivity index (χ0v) is 19.2. The molecule has 150 valence electrons. The third-order valence-corrected chi connectivity index (χ3v) is 9.19. The molecule has 0 aliphatic rings. The summed E-state index contributed by atoms with van der Waals surface area (Å²) >= 11 is 0. The standard InChI is InChI=1S/C28H28P2/c29-28(24-15-7-2-8-16-24)25(21-23-13-5-1-6-14-23)22-30(26-17-9-3-10-18-26)27-19-11-4-12-20-27/h1-20,25,28H,21-22,29H2. The van der Waals surface area contributed by atoms with Crippen LogP contribution in [0.25, 0.3) is 0 Å². The highest BCUT2D eigenvalue weighted by molar-refractivity contribution is 7.73. The van der Waals surface area contributed by atoms with Crippen LogP contribution in [0.3, 0.4) is 0 Å². The Kier molecular flexibility index (Phi) is 7.47. The molecule has 0 bridgehead atoms. The van der Waals surface area contributed by atoms with Crippen LogP contribution in [0.1, 0.15) is 16.8 Å². The van der Waals surface area contributed by atoms with Gasteiger partial charge in [0.15, 0.2) is 0 Å². The summed E-state index contributed by atoms with van der Waals surface area (Å²) in [5, 5.41) is 2.92. The van der Waals surface area contributed by atoms with Crippen LogP contribution >= 0.6 is 17.2 Å². The molecule has 0 nitrogen and oxygen atoms in total. The van der Waals surface area contributed by atoms with Gasteiger partial charge in [0.05, 0.1) is 0 Å². The molecular formula is C28H28P2. The Morgan fingerprint density at radius 2 is 1.00 bits per heavy atom. The first-order valence-electron chi connectivity index (χ1n) is 10.5. The van der Waals surface area contributed by atoms with Crippen LogP contribution in [0.15, 0.2) is 121 Å². The summed E-state index contributed by atoms with van der Waals surface area (Å²) in [6, 6.07) is 44.1. The molecule has 3 atom stereocenters. The summed E-state index contributed by atoms with van der Waals surface area (Å²) in [6.45, 7) is 0. The SMILES string of the molecule is PC(c1ccccc1)C(Cc1ccccc1)CP(c1ccccc1)c1ccccc1. The maximum absolute atomic E-state index is 3.16. The molecule has 0 heterocycles. The van der Waals surface area contributed by atoms with Gasteiger partial charge in [-0.1, -0.05) is 121 Å². The maximum Gasteiger partial charge on any atom is 0.00203 e. The summed E-state index contributed by atoms with van der Waals surface area (Å²) < 4.78 is 0. The Balaban J connectivity index is 1.69. The van der Waals surface area contributed by atoms with Gasteiger partial charge in [0, 0.05) is 5.66 Å². The van der Waals surface area contributed by atoms with Crippen molar-refractivity contribution in [3.05, 3.63) is 132 Å². The lowest BCUT2D eigenvalue weighted by Crippen LogP contribution is -2.22. The average molecular weight is 426 g/mol. The van der Waals surface area contributed by atoms with Gasteiger partial charge in [0.1, 0.15) is 0 Å². The molecule has 0 aliphatic carbocycles. The van der Waals surface area contributed by atoms with Gasteiger partial charge in [-0.25, -0.2) is 0 Å². The molecule has 0 fully saturated rings. The van der Waals surface area contributed by atoms with E-state index in [2.05, 4.69) is 131 Å². The van der Waals surface area contributed by atoms with E-state index in [-0.39, 0.29) is 0 Å². The first-order chi connectivity index (χ1) is 14.8. The molecule has 0 aromatic heterocycles. The minimum atomic E-state index is -0.423. The molecule has 4 aromatic rings. The zero-order chi connectivity index (χ0) is 20.6. The Morgan fingerprint density at radius 3 is 1.50 bits per heavy atom. The highest BCUT2D eigenvalue weighted by atomic mass is 31.1. The predicted molar refractivity (Wildman–Crippen MR) is 136 cm³/mol. The van der Waals surface area contributed by atoms with Crippen LogP contribution in [0.2, 0.25) is 0 Å². The third kappa shape index (κ3) is 5.46. The van der Waals surface area contributed by atoms with Gasteiger partial charge in [0.2, 0.25) is 0 Å². The fourth-order valence-electron chi connectivity index (χ4n) is 3.98. The summed E-state index contributed by atoms with van der Waals surface area (Å²) in [5.41, 5.74) is 3.24. The second-order valence-corrected chi connectivity index (χ2v) is 10.6. The normalized spacial score (nSPS) is 13.1. The molecular weight excluding hydrogens is 398 g/mol. The quantitative estimate of drug-likeness (QED) is 0.279. The summed E-state index contributed by atoms with van der Waals surface area (Å²) in [4.78, 5) is 0. The summed E-state index contributed by atoms with van der Waals surface area (Å²) in [6.07, 6.45) is 2.25. The lowest BCUT2D eigenvalue weighted by atomic mass is 9.93. The molecule has 3 unspecified atom stereocenters.